The molecule has 1 unspecified atom stereocenters. The van der Waals surface area contributed by atoms with Crippen LogP contribution in [0.5, 0.6) is 5.88 Å². The van der Waals surface area contributed by atoms with Gasteiger partial charge in [-0.15, -0.1) is 0 Å². The van der Waals surface area contributed by atoms with E-state index in [4.69, 9.17) is 9.47 Å². The minimum absolute atomic E-state index is 0.0497. The van der Waals surface area contributed by atoms with Gasteiger partial charge in [-0.3, -0.25) is 9.88 Å². The maximum Gasteiger partial charge on any atom is 0.213 e. The minimum atomic E-state index is 0.0497. The molecule has 0 N–H and O–H groups in total. The summed E-state index contributed by atoms with van der Waals surface area (Å²) in [5.41, 5.74) is 1.20. The second kappa shape index (κ2) is 8.14. The van der Waals surface area contributed by atoms with Crippen molar-refractivity contribution in [1.82, 2.24) is 14.9 Å². The first kappa shape index (κ1) is 17.4. The molecule has 1 atom stereocenters. The fourth-order valence-corrected chi connectivity index (χ4v) is 4.29. The van der Waals surface area contributed by atoms with Gasteiger partial charge in [0.25, 0.3) is 0 Å². The Hall–Kier alpha value is -1.98. The van der Waals surface area contributed by atoms with Gasteiger partial charge in [-0.05, 0) is 49.8 Å². The largest absolute Gasteiger partial charge is 0.478 e. The average molecular weight is 353 g/mol. The average Bonchev–Trinajstić information content (AvgIpc) is 3.08. The van der Waals surface area contributed by atoms with Crippen LogP contribution in [-0.2, 0) is 11.3 Å². The molecular formula is C21H27N3O2. The first-order valence-corrected chi connectivity index (χ1v) is 9.64. The van der Waals surface area contributed by atoms with Gasteiger partial charge in [0, 0.05) is 44.7 Å². The molecule has 4 heterocycles. The molecule has 0 radical (unpaired) electrons. The van der Waals surface area contributed by atoms with Crippen molar-refractivity contribution in [3.8, 4) is 5.88 Å². The molecule has 4 rings (SSSR count). The molecule has 0 aliphatic carbocycles. The van der Waals surface area contributed by atoms with E-state index in [1.165, 1.54) is 0 Å². The Morgan fingerprint density at radius 2 is 1.88 bits per heavy atom. The zero-order chi connectivity index (χ0) is 17.7. The van der Waals surface area contributed by atoms with Crippen LogP contribution in [0.1, 0.15) is 31.4 Å². The Labute approximate surface area is 155 Å². The summed E-state index contributed by atoms with van der Waals surface area (Å²) in [4.78, 5) is 11.2. The quantitative estimate of drug-likeness (QED) is 0.797. The number of nitrogens with zero attached hydrogens (tertiary/aromatic N) is 3. The van der Waals surface area contributed by atoms with Gasteiger partial charge in [0.15, 0.2) is 0 Å². The van der Waals surface area contributed by atoms with Crippen LogP contribution in [0.2, 0.25) is 0 Å². The topological polar surface area (TPSA) is 47.5 Å². The van der Waals surface area contributed by atoms with Gasteiger partial charge in [0.2, 0.25) is 5.88 Å². The van der Waals surface area contributed by atoms with Crippen LogP contribution >= 0.6 is 0 Å². The van der Waals surface area contributed by atoms with Crippen LogP contribution in [0, 0.1) is 5.92 Å². The summed E-state index contributed by atoms with van der Waals surface area (Å²) in [6.45, 7) is 4.69. The summed E-state index contributed by atoms with van der Waals surface area (Å²) in [6, 6.07) is 11.9. The summed E-state index contributed by atoms with van der Waals surface area (Å²) in [5, 5.41) is 0. The summed E-state index contributed by atoms with van der Waals surface area (Å²) in [5.74, 6) is 1.30. The summed E-state index contributed by atoms with van der Waals surface area (Å²) in [6.07, 6.45) is 8.04. The molecule has 0 aromatic carbocycles. The lowest BCUT2D eigenvalue weighted by Crippen LogP contribution is -2.47. The Morgan fingerprint density at radius 3 is 2.62 bits per heavy atom. The lowest BCUT2D eigenvalue weighted by Gasteiger charge is -2.42. The molecule has 1 spiro atoms. The molecule has 0 bridgehead atoms. The van der Waals surface area contributed by atoms with E-state index in [2.05, 4.69) is 27.0 Å². The lowest BCUT2D eigenvalue weighted by atomic mass is 9.78. The third kappa shape index (κ3) is 4.05. The highest BCUT2D eigenvalue weighted by molar-refractivity contribution is 5.09. The summed E-state index contributed by atoms with van der Waals surface area (Å²) < 4.78 is 12.1. The van der Waals surface area contributed by atoms with E-state index in [9.17, 15) is 0 Å². The van der Waals surface area contributed by atoms with E-state index in [1.54, 1.807) is 6.20 Å². The van der Waals surface area contributed by atoms with Crippen molar-refractivity contribution in [3.05, 3.63) is 54.5 Å². The van der Waals surface area contributed by atoms with E-state index in [1.807, 2.05) is 30.5 Å². The Balaban J connectivity index is 1.28. The van der Waals surface area contributed by atoms with Gasteiger partial charge >= 0.3 is 0 Å². The molecule has 26 heavy (non-hydrogen) atoms. The Bertz CT molecular complexity index is 672. The van der Waals surface area contributed by atoms with Gasteiger partial charge < -0.3 is 9.47 Å². The molecule has 5 nitrogen and oxygen atoms in total. The van der Waals surface area contributed by atoms with Crippen molar-refractivity contribution in [2.75, 3.05) is 26.3 Å². The molecule has 2 aliphatic rings. The van der Waals surface area contributed by atoms with Gasteiger partial charge in [0.05, 0.1) is 17.9 Å². The van der Waals surface area contributed by atoms with Crippen LogP contribution in [0.15, 0.2) is 48.8 Å². The van der Waals surface area contributed by atoms with Crippen molar-refractivity contribution in [2.24, 2.45) is 5.92 Å². The van der Waals surface area contributed by atoms with E-state index in [-0.39, 0.29) is 5.60 Å². The second-order valence-corrected chi connectivity index (χ2v) is 7.30. The maximum absolute atomic E-state index is 6.28. The van der Waals surface area contributed by atoms with Crippen LogP contribution < -0.4 is 4.74 Å². The van der Waals surface area contributed by atoms with E-state index >= 15 is 0 Å². The summed E-state index contributed by atoms with van der Waals surface area (Å²) >= 11 is 0. The van der Waals surface area contributed by atoms with Crippen molar-refractivity contribution < 1.29 is 9.47 Å². The fourth-order valence-electron chi connectivity index (χ4n) is 4.29. The first-order valence-electron chi connectivity index (χ1n) is 9.64. The zero-order valence-corrected chi connectivity index (χ0v) is 15.2. The highest BCUT2D eigenvalue weighted by Gasteiger charge is 2.45. The molecule has 2 aromatic rings. The van der Waals surface area contributed by atoms with Crippen LogP contribution in [0.3, 0.4) is 0 Å². The standard InChI is InChI=1S/C21H27N3O2/c1-3-11-22-19(5-1)17-24-13-9-21(10-14-24)18(8-16-26-21)7-15-25-20-6-2-4-12-23-20/h1-6,11-12,18H,7-10,13-17H2. The van der Waals surface area contributed by atoms with Crippen molar-refractivity contribution in [1.29, 1.82) is 0 Å². The fraction of sp³-hybridized carbons (Fsp3) is 0.524. The molecule has 138 valence electrons. The number of likely N-dealkylation sites (tertiary alicyclic amines) is 1. The van der Waals surface area contributed by atoms with Crippen LogP contribution in [0.25, 0.3) is 0 Å². The third-order valence-corrected chi connectivity index (χ3v) is 5.77. The monoisotopic (exact) mass is 353 g/mol. The number of hydrogen-bond acceptors (Lipinski definition) is 5. The van der Waals surface area contributed by atoms with Gasteiger partial charge in [-0.25, -0.2) is 4.98 Å². The van der Waals surface area contributed by atoms with Crippen molar-refractivity contribution in [2.45, 2.75) is 37.8 Å². The molecule has 2 aromatic heterocycles. The minimum Gasteiger partial charge on any atom is -0.478 e. The van der Waals surface area contributed by atoms with E-state index < -0.39 is 0 Å². The van der Waals surface area contributed by atoms with Gasteiger partial charge in [0.1, 0.15) is 0 Å². The predicted molar refractivity (Wildman–Crippen MR) is 99.9 cm³/mol. The first-order chi connectivity index (χ1) is 12.8. The predicted octanol–water partition coefficient (Wildman–Crippen LogP) is 3.32. The number of rotatable bonds is 6. The summed E-state index contributed by atoms with van der Waals surface area (Å²) in [7, 11) is 0. The van der Waals surface area contributed by atoms with Crippen molar-refractivity contribution >= 4 is 0 Å². The Kier molecular flexibility index (Phi) is 5.46. The molecule has 2 aliphatic heterocycles. The molecule has 2 fully saturated rings. The smallest absolute Gasteiger partial charge is 0.213 e. The molecule has 5 heteroatoms. The third-order valence-electron chi connectivity index (χ3n) is 5.77. The van der Waals surface area contributed by atoms with Crippen molar-refractivity contribution in [3.63, 3.8) is 0 Å². The molecule has 0 amide bonds. The highest BCUT2D eigenvalue weighted by Crippen LogP contribution is 2.42. The number of pyridine rings is 2. The molecule has 0 saturated carbocycles. The van der Waals surface area contributed by atoms with Crippen LogP contribution in [0.4, 0.5) is 0 Å². The maximum atomic E-state index is 6.28. The van der Waals surface area contributed by atoms with Crippen LogP contribution in [-0.4, -0.2) is 46.8 Å². The van der Waals surface area contributed by atoms with Gasteiger partial charge in [-0.1, -0.05) is 12.1 Å². The normalized spacial score (nSPS) is 22.5. The number of piperidine rings is 1. The molecule has 2 saturated heterocycles. The van der Waals surface area contributed by atoms with Gasteiger partial charge in [-0.2, -0.15) is 0 Å². The Morgan fingerprint density at radius 1 is 1.08 bits per heavy atom. The number of hydrogen-bond donors (Lipinski definition) is 0. The number of ether oxygens (including phenoxy) is 2. The highest BCUT2D eigenvalue weighted by atomic mass is 16.5. The number of aromatic nitrogens is 2. The van der Waals surface area contributed by atoms with E-state index in [0.717, 1.165) is 57.6 Å². The lowest BCUT2D eigenvalue weighted by molar-refractivity contribution is -0.0710. The molecular weight excluding hydrogens is 326 g/mol. The second-order valence-electron chi connectivity index (χ2n) is 7.30. The van der Waals surface area contributed by atoms with E-state index in [0.29, 0.717) is 18.4 Å². The SMILES string of the molecule is c1ccc(CN2CCC3(CC2)OCCC3CCOc2ccccn2)nc1. The zero-order valence-electron chi connectivity index (χ0n) is 15.2.